The Labute approximate surface area is 128 Å². The summed E-state index contributed by atoms with van der Waals surface area (Å²) in [6.07, 6.45) is 0. The molecule has 21 heavy (non-hydrogen) atoms. The highest BCUT2D eigenvalue weighted by Gasteiger charge is 2.19. The molecule has 0 aliphatic carbocycles. The Hall–Kier alpha value is -2.09. The number of hydrogen-bond donors (Lipinski definition) is 3. The summed E-state index contributed by atoms with van der Waals surface area (Å²) in [5.41, 5.74) is 11.2. The van der Waals surface area contributed by atoms with Crippen LogP contribution in [-0.2, 0) is 5.41 Å². The molecule has 0 aromatic carbocycles. The minimum Gasteiger partial charge on any atom is -0.383 e. The van der Waals surface area contributed by atoms with Crippen molar-refractivity contribution in [3.05, 3.63) is 18.0 Å². The van der Waals surface area contributed by atoms with E-state index in [9.17, 15) is 0 Å². The number of anilines is 3. The fourth-order valence-corrected chi connectivity index (χ4v) is 2.33. The third kappa shape index (κ3) is 3.94. The molecule has 5 N–H and O–H groups in total. The maximum Gasteiger partial charge on any atom is 0.197 e. The molecule has 2 rings (SSSR count). The van der Waals surface area contributed by atoms with Crippen LogP contribution in [0.4, 0.5) is 17.5 Å². The van der Waals surface area contributed by atoms with E-state index in [2.05, 4.69) is 46.0 Å². The first-order chi connectivity index (χ1) is 9.77. The molecule has 0 bridgehead atoms. The Morgan fingerprint density at radius 3 is 2.14 bits per heavy atom. The van der Waals surface area contributed by atoms with Crippen LogP contribution in [0.3, 0.4) is 0 Å². The molecule has 112 valence electrons. The van der Waals surface area contributed by atoms with Crippen molar-refractivity contribution in [1.82, 2.24) is 19.9 Å². The van der Waals surface area contributed by atoms with Crippen molar-refractivity contribution < 1.29 is 0 Å². The van der Waals surface area contributed by atoms with Gasteiger partial charge in [0.25, 0.3) is 0 Å². The Bertz CT molecular complexity index is 631. The molecule has 0 atom stereocenters. The lowest BCUT2D eigenvalue weighted by atomic mass is 9.96. The van der Waals surface area contributed by atoms with Gasteiger partial charge in [-0.3, -0.25) is 0 Å². The Morgan fingerprint density at radius 2 is 1.62 bits per heavy atom. The monoisotopic (exact) mass is 305 g/mol. The molecule has 0 saturated carbocycles. The fourth-order valence-electron chi connectivity index (χ4n) is 1.54. The number of nitrogen functional groups attached to an aromatic ring is 2. The Kier molecular flexibility index (Phi) is 4.17. The number of nitrogens with two attached hydrogens (primary N) is 2. The first-order valence-corrected chi connectivity index (χ1v) is 7.25. The number of nitrogens with zero attached hydrogens (tertiary/aromatic N) is 4. The lowest BCUT2D eigenvalue weighted by Crippen LogP contribution is -2.17. The van der Waals surface area contributed by atoms with E-state index in [4.69, 9.17) is 11.5 Å². The van der Waals surface area contributed by atoms with Gasteiger partial charge in [-0.25, -0.2) is 19.9 Å². The van der Waals surface area contributed by atoms with Gasteiger partial charge in [0.15, 0.2) is 5.16 Å². The third-order valence-electron chi connectivity index (χ3n) is 2.57. The summed E-state index contributed by atoms with van der Waals surface area (Å²) in [6, 6.07) is 3.35. The average Bonchev–Trinajstić information content (AvgIpc) is 2.36. The number of aromatic nitrogens is 4. The molecule has 8 heteroatoms. The first-order valence-electron chi connectivity index (χ1n) is 6.43. The molecule has 0 aliphatic heterocycles. The largest absolute Gasteiger partial charge is 0.383 e. The SMILES string of the molecule is CNc1cc(Sc2nc(N)cc(N)n2)nc(C(C)(C)C)n1. The maximum absolute atomic E-state index is 5.68. The lowest BCUT2D eigenvalue weighted by Gasteiger charge is -2.18. The van der Waals surface area contributed by atoms with E-state index in [0.29, 0.717) is 16.8 Å². The van der Waals surface area contributed by atoms with Gasteiger partial charge in [-0.2, -0.15) is 0 Å². The van der Waals surface area contributed by atoms with E-state index in [1.807, 2.05) is 13.1 Å². The van der Waals surface area contributed by atoms with Gasteiger partial charge in [-0.15, -0.1) is 0 Å². The lowest BCUT2D eigenvalue weighted by molar-refractivity contribution is 0.539. The van der Waals surface area contributed by atoms with E-state index < -0.39 is 0 Å². The summed E-state index contributed by atoms with van der Waals surface area (Å²) in [6.45, 7) is 6.18. The van der Waals surface area contributed by atoms with Crippen LogP contribution < -0.4 is 16.8 Å². The normalized spacial score (nSPS) is 11.4. The van der Waals surface area contributed by atoms with Gasteiger partial charge in [0, 0.05) is 24.6 Å². The molecule has 2 aromatic heterocycles. The van der Waals surface area contributed by atoms with Crippen molar-refractivity contribution in [2.24, 2.45) is 0 Å². The zero-order valence-corrected chi connectivity index (χ0v) is 13.3. The molecule has 0 radical (unpaired) electrons. The van der Waals surface area contributed by atoms with Crippen molar-refractivity contribution >= 4 is 29.2 Å². The molecule has 2 aromatic rings. The smallest absolute Gasteiger partial charge is 0.197 e. The van der Waals surface area contributed by atoms with Gasteiger partial charge in [0.2, 0.25) is 0 Å². The summed E-state index contributed by atoms with van der Waals surface area (Å²) in [5, 5.41) is 4.24. The molecule has 0 aliphatic rings. The summed E-state index contributed by atoms with van der Waals surface area (Å²) in [7, 11) is 1.82. The molecule has 7 nitrogen and oxygen atoms in total. The quantitative estimate of drug-likeness (QED) is 0.582. The van der Waals surface area contributed by atoms with Gasteiger partial charge in [-0.05, 0) is 11.8 Å². The van der Waals surface area contributed by atoms with E-state index in [1.165, 1.54) is 17.8 Å². The Morgan fingerprint density at radius 1 is 1.00 bits per heavy atom. The number of nitrogens with one attached hydrogen (secondary N) is 1. The Balaban J connectivity index is 2.39. The molecule has 0 spiro atoms. The van der Waals surface area contributed by atoms with Gasteiger partial charge < -0.3 is 16.8 Å². The molecule has 0 saturated heterocycles. The van der Waals surface area contributed by atoms with E-state index in [-0.39, 0.29) is 5.41 Å². The predicted molar refractivity (Wildman–Crippen MR) is 85.3 cm³/mol. The maximum atomic E-state index is 5.68. The molecular formula is C13H19N7S. The van der Waals surface area contributed by atoms with Crippen molar-refractivity contribution in [3.8, 4) is 0 Å². The van der Waals surface area contributed by atoms with Crippen LogP contribution in [0.15, 0.2) is 22.3 Å². The molecule has 0 amide bonds. The topological polar surface area (TPSA) is 116 Å². The minimum absolute atomic E-state index is 0.155. The van der Waals surface area contributed by atoms with Crippen LogP contribution in [0.5, 0.6) is 0 Å². The van der Waals surface area contributed by atoms with Gasteiger partial charge >= 0.3 is 0 Å². The summed E-state index contributed by atoms with van der Waals surface area (Å²) < 4.78 is 0. The van der Waals surface area contributed by atoms with Crippen LogP contribution in [0, 0.1) is 0 Å². The standard InChI is InChI=1S/C13H19N7S/c1-13(2,3)11-19-9(16-4)6-10(20-11)21-12-17-7(14)5-8(15)18-12/h5-6H,1-4H3,(H,16,19,20)(H4,14,15,17,18). The molecule has 2 heterocycles. The highest BCUT2D eigenvalue weighted by Crippen LogP contribution is 2.28. The molecule has 0 fully saturated rings. The average molecular weight is 305 g/mol. The summed E-state index contributed by atoms with van der Waals surface area (Å²) in [5.74, 6) is 2.16. The van der Waals surface area contributed by atoms with E-state index >= 15 is 0 Å². The van der Waals surface area contributed by atoms with Crippen LogP contribution in [-0.4, -0.2) is 27.0 Å². The third-order valence-corrected chi connectivity index (χ3v) is 3.35. The number of hydrogen-bond acceptors (Lipinski definition) is 8. The van der Waals surface area contributed by atoms with Crippen molar-refractivity contribution in [2.45, 2.75) is 36.4 Å². The molecular weight excluding hydrogens is 286 g/mol. The van der Waals surface area contributed by atoms with Gasteiger partial charge in [-0.1, -0.05) is 20.8 Å². The highest BCUT2D eigenvalue weighted by atomic mass is 32.2. The summed E-state index contributed by atoms with van der Waals surface area (Å²) >= 11 is 1.30. The first kappa shape index (κ1) is 15.3. The van der Waals surface area contributed by atoms with Gasteiger partial charge in [0.1, 0.15) is 28.3 Å². The van der Waals surface area contributed by atoms with Crippen molar-refractivity contribution in [3.63, 3.8) is 0 Å². The van der Waals surface area contributed by atoms with E-state index in [1.54, 1.807) is 0 Å². The second-order valence-electron chi connectivity index (χ2n) is 5.52. The van der Waals surface area contributed by atoms with E-state index in [0.717, 1.165) is 16.7 Å². The predicted octanol–water partition coefficient (Wildman–Crippen LogP) is 1.92. The van der Waals surface area contributed by atoms with Crippen molar-refractivity contribution in [2.75, 3.05) is 23.8 Å². The molecule has 0 unspecified atom stereocenters. The fraction of sp³-hybridized carbons (Fsp3) is 0.385. The van der Waals surface area contributed by atoms with Crippen LogP contribution in [0.25, 0.3) is 0 Å². The van der Waals surface area contributed by atoms with Crippen molar-refractivity contribution in [1.29, 1.82) is 0 Å². The summed E-state index contributed by atoms with van der Waals surface area (Å²) in [4.78, 5) is 17.3. The number of rotatable bonds is 3. The minimum atomic E-state index is -0.155. The van der Waals surface area contributed by atoms with Crippen LogP contribution in [0.1, 0.15) is 26.6 Å². The van der Waals surface area contributed by atoms with Gasteiger partial charge in [0.05, 0.1) is 0 Å². The zero-order chi connectivity index (χ0) is 15.6. The highest BCUT2D eigenvalue weighted by molar-refractivity contribution is 7.99. The van der Waals surface area contributed by atoms with Crippen LogP contribution >= 0.6 is 11.8 Å². The second kappa shape index (κ2) is 5.72. The van der Waals surface area contributed by atoms with Crippen LogP contribution in [0.2, 0.25) is 0 Å². The zero-order valence-electron chi connectivity index (χ0n) is 12.5. The second-order valence-corrected chi connectivity index (χ2v) is 6.50.